The zero-order valence-corrected chi connectivity index (χ0v) is 13.2. The van der Waals surface area contributed by atoms with E-state index >= 15 is 0 Å². The molecule has 0 bridgehead atoms. The first-order valence-corrected chi connectivity index (χ1v) is 8.07. The first kappa shape index (κ1) is 15.3. The standard InChI is InChI=1S/C18H20ClFN2/c19-15-4-1-3-14(11-15)13-22(17-7-9-21-10-8-17)18-6-2-5-16(20)12-18/h1-6,11-12,17,21H,7-10,13H2. The zero-order valence-electron chi connectivity index (χ0n) is 12.4. The van der Waals surface area contributed by atoms with E-state index in [1.807, 2.05) is 24.3 Å². The van der Waals surface area contributed by atoms with Crippen LogP contribution in [0.1, 0.15) is 18.4 Å². The molecule has 1 saturated heterocycles. The van der Waals surface area contributed by atoms with Gasteiger partial charge in [0, 0.05) is 23.3 Å². The molecule has 0 spiro atoms. The van der Waals surface area contributed by atoms with Gasteiger partial charge in [-0.15, -0.1) is 0 Å². The van der Waals surface area contributed by atoms with Gasteiger partial charge < -0.3 is 10.2 Å². The van der Waals surface area contributed by atoms with Crippen molar-refractivity contribution in [1.29, 1.82) is 0 Å². The van der Waals surface area contributed by atoms with Crippen LogP contribution in [-0.4, -0.2) is 19.1 Å². The molecule has 2 aromatic carbocycles. The molecule has 4 heteroatoms. The van der Waals surface area contributed by atoms with Crippen molar-refractivity contribution in [1.82, 2.24) is 5.32 Å². The molecule has 0 saturated carbocycles. The third-order valence-electron chi connectivity index (χ3n) is 4.13. The van der Waals surface area contributed by atoms with E-state index in [9.17, 15) is 4.39 Å². The summed E-state index contributed by atoms with van der Waals surface area (Å²) >= 11 is 6.10. The molecule has 1 aliphatic rings. The topological polar surface area (TPSA) is 15.3 Å². The molecule has 2 nitrogen and oxygen atoms in total. The number of hydrogen-bond acceptors (Lipinski definition) is 2. The fraction of sp³-hybridized carbons (Fsp3) is 0.333. The van der Waals surface area contributed by atoms with Gasteiger partial charge in [0.05, 0.1) is 0 Å². The Morgan fingerprint density at radius 2 is 1.86 bits per heavy atom. The van der Waals surface area contributed by atoms with Crippen LogP contribution >= 0.6 is 11.6 Å². The summed E-state index contributed by atoms with van der Waals surface area (Å²) in [5.41, 5.74) is 2.09. The number of anilines is 1. The summed E-state index contributed by atoms with van der Waals surface area (Å²) in [6.45, 7) is 2.76. The Balaban J connectivity index is 1.88. The highest BCUT2D eigenvalue weighted by Gasteiger charge is 2.22. The lowest BCUT2D eigenvalue weighted by molar-refractivity contribution is 0.428. The van der Waals surface area contributed by atoms with Crippen molar-refractivity contribution in [3.05, 3.63) is 64.9 Å². The second-order valence-electron chi connectivity index (χ2n) is 5.72. The van der Waals surface area contributed by atoms with Crippen LogP contribution in [0.3, 0.4) is 0 Å². The van der Waals surface area contributed by atoms with Gasteiger partial charge in [0.2, 0.25) is 0 Å². The van der Waals surface area contributed by atoms with Crippen molar-refractivity contribution in [2.24, 2.45) is 0 Å². The number of nitrogens with zero attached hydrogens (tertiary/aromatic N) is 1. The highest BCUT2D eigenvalue weighted by molar-refractivity contribution is 6.30. The van der Waals surface area contributed by atoms with Gasteiger partial charge in [-0.25, -0.2) is 4.39 Å². The molecule has 0 aromatic heterocycles. The number of nitrogens with one attached hydrogen (secondary N) is 1. The van der Waals surface area contributed by atoms with E-state index in [0.717, 1.165) is 48.7 Å². The zero-order chi connectivity index (χ0) is 15.4. The fourth-order valence-electron chi connectivity index (χ4n) is 3.04. The fourth-order valence-corrected chi connectivity index (χ4v) is 3.25. The lowest BCUT2D eigenvalue weighted by atomic mass is 10.0. The normalized spacial score (nSPS) is 15.7. The van der Waals surface area contributed by atoms with Crippen molar-refractivity contribution in [3.63, 3.8) is 0 Å². The molecule has 2 aromatic rings. The first-order valence-electron chi connectivity index (χ1n) is 7.70. The molecule has 1 N–H and O–H groups in total. The maximum absolute atomic E-state index is 13.6. The Hall–Kier alpha value is -1.58. The molecule has 0 atom stereocenters. The molecule has 1 aliphatic heterocycles. The predicted octanol–water partition coefficient (Wildman–Crippen LogP) is 4.24. The smallest absolute Gasteiger partial charge is 0.125 e. The maximum Gasteiger partial charge on any atom is 0.125 e. The second-order valence-corrected chi connectivity index (χ2v) is 6.16. The monoisotopic (exact) mass is 318 g/mol. The molecule has 0 unspecified atom stereocenters. The van der Waals surface area contributed by atoms with Crippen LogP contribution in [0.5, 0.6) is 0 Å². The van der Waals surface area contributed by atoms with Crippen LogP contribution in [-0.2, 0) is 6.54 Å². The molecule has 0 aliphatic carbocycles. The molecule has 116 valence electrons. The van der Waals surface area contributed by atoms with Crippen LogP contribution < -0.4 is 10.2 Å². The summed E-state index contributed by atoms with van der Waals surface area (Å²) < 4.78 is 13.6. The summed E-state index contributed by atoms with van der Waals surface area (Å²) in [5, 5.41) is 4.12. The number of rotatable bonds is 4. The van der Waals surface area contributed by atoms with Gasteiger partial charge in [0.25, 0.3) is 0 Å². The first-order chi connectivity index (χ1) is 10.7. The Morgan fingerprint density at radius 1 is 1.09 bits per heavy atom. The highest BCUT2D eigenvalue weighted by atomic mass is 35.5. The van der Waals surface area contributed by atoms with Crippen molar-refractivity contribution in [3.8, 4) is 0 Å². The quantitative estimate of drug-likeness (QED) is 0.907. The van der Waals surface area contributed by atoms with Crippen molar-refractivity contribution >= 4 is 17.3 Å². The Morgan fingerprint density at radius 3 is 2.59 bits per heavy atom. The van der Waals surface area contributed by atoms with Gasteiger partial charge in [-0.2, -0.15) is 0 Å². The van der Waals surface area contributed by atoms with Crippen molar-refractivity contribution in [2.45, 2.75) is 25.4 Å². The average molecular weight is 319 g/mol. The molecule has 22 heavy (non-hydrogen) atoms. The van der Waals surface area contributed by atoms with Gasteiger partial charge in [0.15, 0.2) is 0 Å². The lowest BCUT2D eigenvalue weighted by Crippen LogP contribution is -2.43. The van der Waals surface area contributed by atoms with Gasteiger partial charge in [0.1, 0.15) is 5.82 Å². The Labute approximate surface area is 135 Å². The molecule has 1 fully saturated rings. The minimum atomic E-state index is -0.192. The van der Waals surface area contributed by atoms with E-state index in [2.05, 4.69) is 16.3 Å². The largest absolute Gasteiger partial charge is 0.364 e. The van der Waals surface area contributed by atoms with E-state index in [0.29, 0.717) is 6.04 Å². The number of halogens is 2. The summed E-state index contributed by atoms with van der Waals surface area (Å²) in [4.78, 5) is 2.30. The van der Waals surface area contributed by atoms with Crippen LogP contribution in [0.15, 0.2) is 48.5 Å². The number of hydrogen-bond donors (Lipinski definition) is 1. The van der Waals surface area contributed by atoms with Gasteiger partial charge >= 0.3 is 0 Å². The summed E-state index contributed by atoms with van der Waals surface area (Å²) in [6.07, 6.45) is 2.13. The molecule has 0 amide bonds. The van der Waals surface area contributed by atoms with Crippen molar-refractivity contribution < 1.29 is 4.39 Å². The van der Waals surface area contributed by atoms with Crippen molar-refractivity contribution in [2.75, 3.05) is 18.0 Å². The van der Waals surface area contributed by atoms with E-state index in [1.54, 1.807) is 12.1 Å². The summed E-state index contributed by atoms with van der Waals surface area (Å²) in [7, 11) is 0. The molecule has 0 radical (unpaired) electrons. The van der Waals surface area contributed by atoms with E-state index < -0.39 is 0 Å². The lowest BCUT2D eigenvalue weighted by Gasteiger charge is -2.36. The van der Waals surface area contributed by atoms with E-state index in [-0.39, 0.29) is 5.82 Å². The third kappa shape index (κ3) is 3.79. The average Bonchev–Trinajstić information content (AvgIpc) is 2.53. The third-order valence-corrected chi connectivity index (χ3v) is 4.37. The van der Waals surface area contributed by atoms with Gasteiger partial charge in [-0.3, -0.25) is 0 Å². The van der Waals surface area contributed by atoms with Gasteiger partial charge in [-0.1, -0.05) is 29.8 Å². The second kappa shape index (κ2) is 7.12. The summed E-state index contributed by atoms with van der Waals surface area (Å²) in [5.74, 6) is -0.192. The van der Waals surface area contributed by atoms with E-state index in [4.69, 9.17) is 11.6 Å². The summed E-state index contributed by atoms with van der Waals surface area (Å²) in [6, 6.07) is 15.2. The van der Waals surface area contributed by atoms with Crippen LogP contribution in [0.4, 0.5) is 10.1 Å². The SMILES string of the molecule is Fc1cccc(N(Cc2cccc(Cl)c2)C2CCNCC2)c1. The minimum absolute atomic E-state index is 0.192. The number of piperidine rings is 1. The molecule has 1 heterocycles. The predicted molar refractivity (Wildman–Crippen MR) is 89.9 cm³/mol. The molecular formula is C18H20ClFN2. The minimum Gasteiger partial charge on any atom is -0.364 e. The van der Waals surface area contributed by atoms with E-state index in [1.165, 1.54) is 6.07 Å². The maximum atomic E-state index is 13.6. The molecule has 3 rings (SSSR count). The number of benzene rings is 2. The van der Waals surface area contributed by atoms with Crippen LogP contribution in [0.2, 0.25) is 5.02 Å². The molecular weight excluding hydrogens is 299 g/mol. The van der Waals surface area contributed by atoms with Crippen LogP contribution in [0, 0.1) is 5.82 Å². The van der Waals surface area contributed by atoms with Gasteiger partial charge in [-0.05, 0) is 61.8 Å². The highest BCUT2D eigenvalue weighted by Crippen LogP contribution is 2.25. The Bertz CT molecular complexity index is 626. The van der Waals surface area contributed by atoms with Crippen LogP contribution in [0.25, 0.3) is 0 Å². The Kier molecular flexibility index (Phi) is 4.96.